The van der Waals surface area contributed by atoms with Crippen LogP contribution in [0.25, 0.3) is 0 Å². The lowest BCUT2D eigenvalue weighted by Crippen LogP contribution is -2.48. The predicted octanol–water partition coefficient (Wildman–Crippen LogP) is 2.08. The molecule has 0 aromatic rings. The highest BCUT2D eigenvalue weighted by atomic mass is 16.2. The summed E-state index contributed by atoms with van der Waals surface area (Å²) in [6, 6.07) is 0.270. The second-order valence-corrected chi connectivity index (χ2v) is 5.90. The van der Waals surface area contributed by atoms with Crippen LogP contribution in [0.1, 0.15) is 57.8 Å². The minimum Gasteiger partial charge on any atom is -0.315 e. The van der Waals surface area contributed by atoms with Gasteiger partial charge in [-0.25, -0.2) is 0 Å². The molecular formula is C15H26N2O2. The van der Waals surface area contributed by atoms with Crippen LogP contribution in [0.4, 0.5) is 0 Å². The van der Waals surface area contributed by atoms with Crippen molar-refractivity contribution in [2.24, 2.45) is 5.92 Å². The van der Waals surface area contributed by atoms with Crippen LogP contribution in [0.2, 0.25) is 0 Å². The van der Waals surface area contributed by atoms with Crippen LogP contribution in [0, 0.1) is 5.92 Å². The van der Waals surface area contributed by atoms with Crippen molar-refractivity contribution in [1.82, 2.24) is 10.2 Å². The first-order valence-electron chi connectivity index (χ1n) is 7.73. The zero-order valence-corrected chi connectivity index (χ0v) is 12.0. The molecule has 4 heteroatoms. The second-order valence-electron chi connectivity index (χ2n) is 5.90. The van der Waals surface area contributed by atoms with Crippen molar-refractivity contribution in [3.05, 3.63) is 0 Å². The molecule has 0 radical (unpaired) electrons. The molecule has 0 aromatic carbocycles. The fourth-order valence-corrected chi connectivity index (χ4v) is 3.37. The van der Waals surface area contributed by atoms with Crippen molar-refractivity contribution >= 4 is 11.8 Å². The van der Waals surface area contributed by atoms with Crippen molar-refractivity contribution in [2.45, 2.75) is 63.8 Å². The van der Waals surface area contributed by atoms with E-state index in [2.05, 4.69) is 5.32 Å². The van der Waals surface area contributed by atoms with Crippen LogP contribution in [0.5, 0.6) is 0 Å². The second kappa shape index (κ2) is 7.04. The number of rotatable bonds is 4. The van der Waals surface area contributed by atoms with Gasteiger partial charge in [0.15, 0.2) is 0 Å². The molecule has 2 fully saturated rings. The number of imide groups is 1. The van der Waals surface area contributed by atoms with Crippen LogP contribution < -0.4 is 5.32 Å². The molecule has 1 aliphatic heterocycles. The normalized spacial score (nSPS) is 24.4. The van der Waals surface area contributed by atoms with Crippen LogP contribution in [-0.2, 0) is 9.59 Å². The Balaban J connectivity index is 1.98. The Morgan fingerprint density at radius 3 is 2.16 bits per heavy atom. The first-order chi connectivity index (χ1) is 9.22. The van der Waals surface area contributed by atoms with Gasteiger partial charge in [0.25, 0.3) is 0 Å². The molecule has 1 saturated carbocycles. The number of carbonyl (C=O) groups excluding carboxylic acids is 2. The van der Waals surface area contributed by atoms with E-state index >= 15 is 0 Å². The Morgan fingerprint density at radius 2 is 1.63 bits per heavy atom. The van der Waals surface area contributed by atoms with Crippen molar-refractivity contribution in [1.29, 1.82) is 0 Å². The monoisotopic (exact) mass is 266 g/mol. The molecule has 1 unspecified atom stereocenters. The Kier molecular flexibility index (Phi) is 5.37. The summed E-state index contributed by atoms with van der Waals surface area (Å²) < 4.78 is 0. The van der Waals surface area contributed by atoms with Crippen molar-refractivity contribution < 1.29 is 9.59 Å². The summed E-state index contributed by atoms with van der Waals surface area (Å²) in [5, 5.41) is 3.33. The van der Waals surface area contributed by atoms with E-state index in [9.17, 15) is 9.59 Å². The number of amides is 2. The van der Waals surface area contributed by atoms with Gasteiger partial charge in [0.2, 0.25) is 11.8 Å². The molecule has 1 heterocycles. The number of hydrogen-bond acceptors (Lipinski definition) is 3. The molecule has 2 rings (SSSR count). The molecule has 2 amide bonds. The van der Waals surface area contributed by atoms with Crippen molar-refractivity contribution in [3.8, 4) is 0 Å². The third-order valence-corrected chi connectivity index (χ3v) is 4.60. The molecular weight excluding hydrogens is 240 g/mol. The highest BCUT2D eigenvalue weighted by molar-refractivity contribution is 5.96. The third kappa shape index (κ3) is 3.78. The van der Waals surface area contributed by atoms with E-state index in [4.69, 9.17) is 0 Å². The first kappa shape index (κ1) is 14.5. The van der Waals surface area contributed by atoms with E-state index in [0.29, 0.717) is 25.3 Å². The minimum absolute atomic E-state index is 0.0264. The van der Waals surface area contributed by atoms with E-state index < -0.39 is 0 Å². The quantitative estimate of drug-likeness (QED) is 0.793. The number of nitrogens with one attached hydrogen (secondary N) is 1. The zero-order chi connectivity index (χ0) is 13.7. The third-order valence-electron chi connectivity index (χ3n) is 4.60. The first-order valence-corrected chi connectivity index (χ1v) is 7.73. The van der Waals surface area contributed by atoms with Gasteiger partial charge < -0.3 is 5.32 Å². The Labute approximate surface area is 115 Å². The topological polar surface area (TPSA) is 49.4 Å². The predicted molar refractivity (Wildman–Crippen MR) is 74.6 cm³/mol. The maximum absolute atomic E-state index is 12.0. The van der Waals surface area contributed by atoms with E-state index in [1.54, 1.807) is 0 Å². The van der Waals surface area contributed by atoms with Gasteiger partial charge in [-0.2, -0.15) is 0 Å². The summed E-state index contributed by atoms with van der Waals surface area (Å²) in [4.78, 5) is 25.6. The SMILES string of the molecule is CNC(CN1C(=O)CCCCC1=O)C1CCCCC1. The van der Waals surface area contributed by atoms with Crippen molar-refractivity contribution in [2.75, 3.05) is 13.6 Å². The lowest BCUT2D eigenvalue weighted by Gasteiger charge is -2.33. The molecule has 0 aromatic heterocycles. The number of likely N-dealkylation sites (tertiary alicyclic amines) is 1. The standard InChI is InChI=1S/C15H26N2O2/c1-16-13(12-7-3-2-4-8-12)11-17-14(18)9-5-6-10-15(17)19/h12-13,16H,2-11H2,1H3. The van der Waals surface area contributed by atoms with Gasteiger partial charge >= 0.3 is 0 Å². The van der Waals surface area contributed by atoms with Crippen molar-refractivity contribution in [3.63, 3.8) is 0 Å². The average Bonchev–Trinajstić information content (AvgIpc) is 2.59. The smallest absolute Gasteiger partial charge is 0.229 e. The lowest BCUT2D eigenvalue weighted by atomic mass is 9.83. The largest absolute Gasteiger partial charge is 0.315 e. The van der Waals surface area contributed by atoms with Gasteiger partial charge in [0.1, 0.15) is 0 Å². The zero-order valence-electron chi connectivity index (χ0n) is 12.0. The Morgan fingerprint density at radius 1 is 1.05 bits per heavy atom. The lowest BCUT2D eigenvalue weighted by molar-refractivity contribution is -0.144. The molecule has 2 aliphatic rings. The summed E-state index contributed by atoms with van der Waals surface area (Å²) >= 11 is 0. The molecule has 108 valence electrons. The Bertz CT molecular complexity index is 306. The summed E-state index contributed by atoms with van der Waals surface area (Å²) in [5.41, 5.74) is 0. The highest BCUT2D eigenvalue weighted by Gasteiger charge is 2.30. The van der Waals surface area contributed by atoms with Crippen LogP contribution in [-0.4, -0.2) is 36.3 Å². The van der Waals surface area contributed by atoms with Gasteiger partial charge in [0.05, 0.1) is 0 Å². The van der Waals surface area contributed by atoms with Gasteiger partial charge in [-0.05, 0) is 38.6 Å². The van der Waals surface area contributed by atoms with Crippen LogP contribution in [0.15, 0.2) is 0 Å². The van der Waals surface area contributed by atoms with Crippen LogP contribution >= 0.6 is 0 Å². The van der Waals surface area contributed by atoms with Gasteiger partial charge in [-0.15, -0.1) is 0 Å². The van der Waals surface area contributed by atoms with E-state index in [1.165, 1.54) is 37.0 Å². The van der Waals surface area contributed by atoms with Gasteiger partial charge in [0, 0.05) is 25.4 Å². The Hall–Kier alpha value is -0.900. The number of nitrogens with zero attached hydrogens (tertiary/aromatic N) is 1. The summed E-state index contributed by atoms with van der Waals surface area (Å²) in [7, 11) is 1.95. The van der Waals surface area contributed by atoms with E-state index in [0.717, 1.165) is 12.8 Å². The van der Waals surface area contributed by atoms with Gasteiger partial charge in [-0.3, -0.25) is 14.5 Å². The molecule has 1 atom stereocenters. The fraction of sp³-hybridized carbons (Fsp3) is 0.867. The molecule has 0 spiro atoms. The summed E-state index contributed by atoms with van der Waals surface area (Å²) in [6.45, 7) is 0.568. The maximum Gasteiger partial charge on any atom is 0.229 e. The molecule has 1 aliphatic carbocycles. The van der Waals surface area contributed by atoms with Crippen LogP contribution in [0.3, 0.4) is 0 Å². The maximum atomic E-state index is 12.0. The average molecular weight is 266 g/mol. The van der Waals surface area contributed by atoms with E-state index in [-0.39, 0.29) is 17.9 Å². The summed E-state index contributed by atoms with van der Waals surface area (Å²) in [5.74, 6) is 0.666. The molecule has 0 bridgehead atoms. The fourth-order valence-electron chi connectivity index (χ4n) is 3.37. The molecule has 1 N–H and O–H groups in total. The number of likely N-dealkylation sites (N-methyl/N-ethyl adjacent to an activating group) is 1. The highest BCUT2D eigenvalue weighted by Crippen LogP contribution is 2.27. The summed E-state index contributed by atoms with van der Waals surface area (Å²) in [6.07, 6.45) is 9.12. The molecule has 1 saturated heterocycles. The minimum atomic E-state index is 0.0264. The van der Waals surface area contributed by atoms with Gasteiger partial charge in [-0.1, -0.05) is 19.3 Å². The van der Waals surface area contributed by atoms with E-state index in [1.807, 2.05) is 7.05 Å². The number of hydrogen-bond donors (Lipinski definition) is 1. The molecule has 4 nitrogen and oxygen atoms in total. The molecule has 19 heavy (non-hydrogen) atoms. The number of carbonyl (C=O) groups is 2.